The van der Waals surface area contributed by atoms with Crippen LogP contribution in [0.2, 0.25) is 0 Å². The monoisotopic (exact) mass is 191 g/mol. The molecule has 0 saturated heterocycles. The molecule has 2 heterocycles. The zero-order chi connectivity index (χ0) is 9.97. The summed E-state index contributed by atoms with van der Waals surface area (Å²) in [7, 11) is 0. The van der Waals surface area contributed by atoms with Crippen LogP contribution in [0.1, 0.15) is 10.5 Å². The van der Waals surface area contributed by atoms with Gasteiger partial charge in [-0.25, -0.2) is 9.78 Å². The second-order valence-electron chi connectivity index (χ2n) is 2.46. The molecule has 0 spiro atoms. The predicted octanol–water partition coefficient (Wildman–Crippen LogP) is 0.830. The van der Waals surface area contributed by atoms with Gasteiger partial charge in [0.25, 0.3) is 5.89 Å². The van der Waals surface area contributed by atoms with Gasteiger partial charge in [-0.2, -0.15) is 0 Å². The van der Waals surface area contributed by atoms with Crippen molar-refractivity contribution in [3.05, 3.63) is 30.3 Å². The minimum Gasteiger partial charge on any atom is -0.477 e. The number of carboxylic acid groups (broad SMARTS) is 1. The van der Waals surface area contributed by atoms with Crippen molar-refractivity contribution in [3.8, 4) is 11.6 Å². The molecule has 0 bridgehead atoms. The maximum atomic E-state index is 10.6. The molecule has 2 aromatic rings. The van der Waals surface area contributed by atoms with Gasteiger partial charge in [-0.1, -0.05) is 6.07 Å². The number of aromatic nitrogens is 3. The van der Waals surface area contributed by atoms with Crippen molar-refractivity contribution < 1.29 is 14.3 Å². The molecule has 0 aliphatic heterocycles. The summed E-state index contributed by atoms with van der Waals surface area (Å²) in [6.07, 6.45) is 1.16. The molecule has 0 atom stereocenters. The summed E-state index contributed by atoms with van der Waals surface area (Å²) in [5, 5.41) is 15.8. The first kappa shape index (κ1) is 8.36. The predicted molar refractivity (Wildman–Crippen MR) is 44.5 cm³/mol. The van der Waals surface area contributed by atoms with Crippen LogP contribution in [-0.2, 0) is 0 Å². The minimum atomic E-state index is -1.09. The molecule has 0 aliphatic rings. The fourth-order valence-corrected chi connectivity index (χ4v) is 0.958. The van der Waals surface area contributed by atoms with Crippen molar-refractivity contribution in [2.24, 2.45) is 0 Å². The Morgan fingerprint density at radius 1 is 1.43 bits per heavy atom. The van der Waals surface area contributed by atoms with Gasteiger partial charge in [-0.05, 0) is 12.1 Å². The SMILES string of the molecule is O=C(O)c1cccc(-c2nnco2)n1. The number of aromatic carboxylic acids is 1. The number of hydrogen-bond donors (Lipinski definition) is 1. The average Bonchev–Trinajstić information content (AvgIpc) is 2.71. The highest BCUT2D eigenvalue weighted by Crippen LogP contribution is 2.12. The van der Waals surface area contributed by atoms with E-state index in [4.69, 9.17) is 9.52 Å². The molecule has 0 aromatic carbocycles. The second kappa shape index (κ2) is 3.25. The molecule has 0 radical (unpaired) electrons. The Labute approximate surface area is 78.2 Å². The number of hydrogen-bond acceptors (Lipinski definition) is 5. The molecular weight excluding hydrogens is 186 g/mol. The number of carbonyl (C=O) groups is 1. The van der Waals surface area contributed by atoms with E-state index in [2.05, 4.69) is 15.2 Å². The van der Waals surface area contributed by atoms with E-state index < -0.39 is 5.97 Å². The number of nitrogens with zero attached hydrogens (tertiary/aromatic N) is 3. The average molecular weight is 191 g/mol. The van der Waals surface area contributed by atoms with E-state index in [1.807, 2.05) is 0 Å². The lowest BCUT2D eigenvalue weighted by atomic mass is 10.3. The molecule has 0 saturated carbocycles. The van der Waals surface area contributed by atoms with E-state index in [1.54, 1.807) is 12.1 Å². The van der Waals surface area contributed by atoms with Crippen LogP contribution in [-0.4, -0.2) is 26.3 Å². The fraction of sp³-hybridized carbons (Fsp3) is 0. The van der Waals surface area contributed by atoms with Crippen molar-refractivity contribution in [3.63, 3.8) is 0 Å². The molecule has 1 N–H and O–H groups in total. The first-order valence-corrected chi connectivity index (χ1v) is 3.74. The Morgan fingerprint density at radius 3 is 2.93 bits per heavy atom. The molecule has 0 aliphatic carbocycles. The van der Waals surface area contributed by atoms with E-state index in [1.165, 1.54) is 6.07 Å². The summed E-state index contributed by atoms with van der Waals surface area (Å²) in [6, 6.07) is 4.55. The van der Waals surface area contributed by atoms with E-state index >= 15 is 0 Å². The summed E-state index contributed by atoms with van der Waals surface area (Å²) in [5.74, 6) is -0.889. The van der Waals surface area contributed by atoms with Gasteiger partial charge < -0.3 is 9.52 Å². The lowest BCUT2D eigenvalue weighted by Gasteiger charge is -1.95. The third kappa shape index (κ3) is 1.45. The smallest absolute Gasteiger partial charge is 0.354 e. The summed E-state index contributed by atoms with van der Waals surface area (Å²) >= 11 is 0. The third-order valence-electron chi connectivity index (χ3n) is 1.55. The zero-order valence-corrected chi connectivity index (χ0v) is 6.91. The summed E-state index contributed by atoms with van der Waals surface area (Å²) in [5.41, 5.74) is 0.295. The topological polar surface area (TPSA) is 89.1 Å². The molecule has 6 heteroatoms. The van der Waals surface area contributed by atoms with E-state index in [9.17, 15) is 4.79 Å². The highest BCUT2D eigenvalue weighted by Gasteiger charge is 2.09. The second-order valence-corrected chi connectivity index (χ2v) is 2.46. The van der Waals surface area contributed by atoms with Crippen LogP contribution in [0.3, 0.4) is 0 Å². The molecule has 0 unspecified atom stereocenters. The van der Waals surface area contributed by atoms with Gasteiger partial charge in [0.05, 0.1) is 0 Å². The summed E-state index contributed by atoms with van der Waals surface area (Å²) in [6.45, 7) is 0. The first-order chi connectivity index (χ1) is 6.77. The highest BCUT2D eigenvalue weighted by molar-refractivity contribution is 5.85. The lowest BCUT2D eigenvalue weighted by molar-refractivity contribution is 0.0690. The first-order valence-electron chi connectivity index (χ1n) is 3.74. The van der Waals surface area contributed by atoms with Gasteiger partial charge in [0.1, 0.15) is 11.4 Å². The van der Waals surface area contributed by atoms with Crippen LogP contribution >= 0.6 is 0 Å². The Bertz CT molecular complexity index is 453. The van der Waals surface area contributed by atoms with Gasteiger partial charge in [0.15, 0.2) is 0 Å². The van der Waals surface area contributed by atoms with Crippen LogP contribution in [0.5, 0.6) is 0 Å². The molecule has 2 rings (SSSR count). The van der Waals surface area contributed by atoms with Crippen LogP contribution in [0.15, 0.2) is 29.0 Å². The molecule has 2 aromatic heterocycles. The van der Waals surface area contributed by atoms with Crippen molar-refractivity contribution in [2.75, 3.05) is 0 Å². The molecule has 0 fully saturated rings. The largest absolute Gasteiger partial charge is 0.477 e. The van der Waals surface area contributed by atoms with Crippen LogP contribution in [0.4, 0.5) is 0 Å². The van der Waals surface area contributed by atoms with Crippen molar-refractivity contribution in [1.82, 2.24) is 15.2 Å². The molecule has 0 amide bonds. The van der Waals surface area contributed by atoms with Gasteiger partial charge in [0, 0.05) is 0 Å². The van der Waals surface area contributed by atoms with Crippen LogP contribution in [0.25, 0.3) is 11.6 Å². The van der Waals surface area contributed by atoms with E-state index in [0.29, 0.717) is 5.69 Å². The zero-order valence-electron chi connectivity index (χ0n) is 6.91. The highest BCUT2D eigenvalue weighted by atomic mass is 16.4. The van der Waals surface area contributed by atoms with E-state index in [-0.39, 0.29) is 11.6 Å². The molecule has 70 valence electrons. The quantitative estimate of drug-likeness (QED) is 0.756. The maximum absolute atomic E-state index is 10.6. The van der Waals surface area contributed by atoms with Crippen molar-refractivity contribution in [1.29, 1.82) is 0 Å². The third-order valence-corrected chi connectivity index (χ3v) is 1.55. The van der Waals surface area contributed by atoms with Gasteiger partial charge >= 0.3 is 5.97 Å². The minimum absolute atomic E-state index is 0.0549. The molecular formula is C8H5N3O3. The summed E-state index contributed by atoms with van der Waals surface area (Å²) in [4.78, 5) is 14.4. The van der Waals surface area contributed by atoms with E-state index in [0.717, 1.165) is 6.39 Å². The Kier molecular flexibility index (Phi) is 1.94. The standard InChI is InChI=1S/C8H5N3O3/c12-8(13)6-3-1-2-5(10-6)7-11-9-4-14-7/h1-4H,(H,12,13). The van der Waals surface area contributed by atoms with Gasteiger partial charge in [-0.3, -0.25) is 0 Å². The number of pyridine rings is 1. The maximum Gasteiger partial charge on any atom is 0.354 e. The Morgan fingerprint density at radius 2 is 2.29 bits per heavy atom. The number of rotatable bonds is 2. The van der Waals surface area contributed by atoms with Gasteiger partial charge in [0.2, 0.25) is 6.39 Å². The normalized spacial score (nSPS) is 10.0. The molecule has 14 heavy (non-hydrogen) atoms. The Hall–Kier alpha value is -2.24. The summed E-state index contributed by atoms with van der Waals surface area (Å²) < 4.78 is 4.88. The van der Waals surface area contributed by atoms with Crippen LogP contribution < -0.4 is 0 Å². The van der Waals surface area contributed by atoms with Gasteiger partial charge in [-0.15, -0.1) is 10.2 Å². The van der Waals surface area contributed by atoms with Crippen molar-refractivity contribution in [2.45, 2.75) is 0 Å². The van der Waals surface area contributed by atoms with Crippen molar-refractivity contribution >= 4 is 5.97 Å². The Balaban J connectivity index is 2.46. The van der Waals surface area contributed by atoms with Crippen LogP contribution in [0, 0.1) is 0 Å². The fourth-order valence-electron chi connectivity index (χ4n) is 0.958. The lowest BCUT2D eigenvalue weighted by Crippen LogP contribution is -2.00. The number of carboxylic acids is 1. The molecule has 6 nitrogen and oxygen atoms in total.